The number of nitrogens with one attached hydrogen (secondary N) is 1. The fourth-order valence-corrected chi connectivity index (χ4v) is 2.72. The molecule has 0 aliphatic rings. The van der Waals surface area contributed by atoms with Crippen molar-refractivity contribution in [1.82, 2.24) is 14.9 Å². The molecule has 5 heteroatoms. The first-order valence-corrected chi connectivity index (χ1v) is 8.66. The first-order valence-electron chi connectivity index (χ1n) is 8.66. The zero-order valence-electron chi connectivity index (χ0n) is 14.4. The van der Waals surface area contributed by atoms with E-state index in [1.165, 1.54) is 0 Å². The van der Waals surface area contributed by atoms with Gasteiger partial charge in [0.25, 0.3) is 5.91 Å². The number of carbonyl (C=O) groups excluding carboxylic acids is 1. The number of imidazole rings is 1. The maximum absolute atomic E-state index is 12.1. The summed E-state index contributed by atoms with van der Waals surface area (Å²) >= 11 is 0. The first-order chi connectivity index (χ1) is 12.3. The van der Waals surface area contributed by atoms with Crippen LogP contribution in [0.1, 0.15) is 25.6 Å². The molecule has 2 aromatic carbocycles. The van der Waals surface area contributed by atoms with E-state index in [2.05, 4.69) is 27.9 Å². The molecule has 0 atom stereocenters. The van der Waals surface area contributed by atoms with Crippen LogP contribution >= 0.6 is 0 Å². The number of para-hydroxylation sites is 3. The molecule has 0 spiro atoms. The van der Waals surface area contributed by atoms with E-state index in [4.69, 9.17) is 4.74 Å². The fraction of sp³-hybridized carbons (Fsp3) is 0.300. The number of benzene rings is 2. The van der Waals surface area contributed by atoms with Gasteiger partial charge in [-0.1, -0.05) is 43.7 Å². The van der Waals surface area contributed by atoms with Gasteiger partial charge in [0.1, 0.15) is 11.6 Å². The monoisotopic (exact) mass is 337 g/mol. The van der Waals surface area contributed by atoms with Crippen molar-refractivity contribution in [3.8, 4) is 5.75 Å². The van der Waals surface area contributed by atoms with Gasteiger partial charge < -0.3 is 14.6 Å². The van der Waals surface area contributed by atoms with E-state index in [-0.39, 0.29) is 12.5 Å². The van der Waals surface area contributed by atoms with E-state index in [0.29, 0.717) is 12.3 Å². The standard InChI is InChI=1S/C20H23N3O2/c1-2-3-13-23-18-12-8-7-11-17(18)22-19(23)14-21-20(24)15-25-16-9-5-4-6-10-16/h4-12H,2-3,13-15H2,1H3,(H,21,24). The Hall–Kier alpha value is -2.82. The SMILES string of the molecule is CCCCn1c(CNC(=O)COc2ccccc2)nc2ccccc21. The third-order valence-corrected chi connectivity index (χ3v) is 4.03. The Kier molecular flexibility index (Phi) is 5.67. The smallest absolute Gasteiger partial charge is 0.258 e. The molecule has 0 aliphatic heterocycles. The summed E-state index contributed by atoms with van der Waals surface area (Å²) in [6.45, 7) is 3.47. The van der Waals surface area contributed by atoms with E-state index in [9.17, 15) is 4.79 Å². The number of unbranched alkanes of at least 4 members (excludes halogenated alkanes) is 1. The lowest BCUT2D eigenvalue weighted by molar-refractivity contribution is -0.123. The maximum Gasteiger partial charge on any atom is 0.258 e. The number of carbonyl (C=O) groups is 1. The van der Waals surface area contributed by atoms with Gasteiger partial charge in [-0.2, -0.15) is 0 Å². The molecule has 1 aromatic heterocycles. The Balaban J connectivity index is 1.62. The van der Waals surface area contributed by atoms with Crippen molar-refractivity contribution in [2.75, 3.05) is 6.61 Å². The predicted octanol–water partition coefficient (Wildman–Crippen LogP) is 3.53. The van der Waals surface area contributed by atoms with Crippen molar-refractivity contribution in [2.24, 2.45) is 0 Å². The molecule has 0 unspecified atom stereocenters. The number of nitrogens with zero attached hydrogens (tertiary/aromatic N) is 2. The molecule has 0 radical (unpaired) electrons. The summed E-state index contributed by atoms with van der Waals surface area (Å²) in [6.07, 6.45) is 2.20. The number of ether oxygens (including phenoxy) is 1. The summed E-state index contributed by atoms with van der Waals surface area (Å²) in [5, 5.41) is 2.90. The summed E-state index contributed by atoms with van der Waals surface area (Å²) in [4.78, 5) is 16.7. The molecular formula is C20H23N3O2. The molecular weight excluding hydrogens is 314 g/mol. The highest BCUT2D eigenvalue weighted by atomic mass is 16.5. The van der Waals surface area contributed by atoms with E-state index in [1.54, 1.807) is 0 Å². The average Bonchev–Trinajstić information content (AvgIpc) is 3.01. The fourth-order valence-electron chi connectivity index (χ4n) is 2.72. The Morgan fingerprint density at radius 2 is 1.88 bits per heavy atom. The van der Waals surface area contributed by atoms with E-state index >= 15 is 0 Å². The van der Waals surface area contributed by atoms with Crippen LogP contribution in [0.5, 0.6) is 5.75 Å². The van der Waals surface area contributed by atoms with Crippen molar-refractivity contribution in [3.63, 3.8) is 0 Å². The highest BCUT2D eigenvalue weighted by Crippen LogP contribution is 2.17. The Morgan fingerprint density at radius 3 is 2.68 bits per heavy atom. The van der Waals surface area contributed by atoms with Gasteiger partial charge in [0, 0.05) is 6.54 Å². The molecule has 0 saturated carbocycles. The van der Waals surface area contributed by atoms with Crippen LogP contribution in [0.15, 0.2) is 54.6 Å². The molecule has 5 nitrogen and oxygen atoms in total. The number of aromatic nitrogens is 2. The topological polar surface area (TPSA) is 56.2 Å². The molecule has 130 valence electrons. The quantitative estimate of drug-likeness (QED) is 0.684. The second-order valence-electron chi connectivity index (χ2n) is 5.90. The van der Waals surface area contributed by atoms with Crippen LogP contribution in [0, 0.1) is 0 Å². The summed E-state index contributed by atoms with van der Waals surface area (Å²) in [5.74, 6) is 1.41. The van der Waals surface area contributed by atoms with Crippen molar-refractivity contribution < 1.29 is 9.53 Å². The normalized spacial score (nSPS) is 10.8. The number of fused-ring (bicyclic) bond motifs is 1. The average molecular weight is 337 g/mol. The minimum Gasteiger partial charge on any atom is -0.484 e. The van der Waals surface area contributed by atoms with Gasteiger partial charge in [0.2, 0.25) is 0 Å². The van der Waals surface area contributed by atoms with Crippen LogP contribution in [0.25, 0.3) is 11.0 Å². The summed E-state index contributed by atoms with van der Waals surface area (Å²) < 4.78 is 7.66. The summed E-state index contributed by atoms with van der Waals surface area (Å²) in [7, 11) is 0. The molecule has 25 heavy (non-hydrogen) atoms. The second-order valence-corrected chi connectivity index (χ2v) is 5.90. The molecule has 1 amide bonds. The largest absolute Gasteiger partial charge is 0.484 e. The van der Waals surface area contributed by atoms with Gasteiger partial charge in [0.05, 0.1) is 17.6 Å². The van der Waals surface area contributed by atoms with Crippen LogP contribution in [0.4, 0.5) is 0 Å². The van der Waals surface area contributed by atoms with Crippen LogP contribution in [0.3, 0.4) is 0 Å². The van der Waals surface area contributed by atoms with Crippen molar-refractivity contribution in [1.29, 1.82) is 0 Å². The number of rotatable bonds is 8. The Labute approximate surface area is 147 Å². The minimum atomic E-state index is -0.155. The summed E-state index contributed by atoms with van der Waals surface area (Å²) in [6, 6.07) is 17.4. The first kappa shape index (κ1) is 17.0. The Morgan fingerprint density at radius 1 is 1.12 bits per heavy atom. The molecule has 3 aromatic rings. The number of hydrogen-bond donors (Lipinski definition) is 1. The zero-order chi connectivity index (χ0) is 17.5. The van der Waals surface area contributed by atoms with Gasteiger partial charge in [-0.15, -0.1) is 0 Å². The van der Waals surface area contributed by atoms with Gasteiger partial charge in [-0.25, -0.2) is 4.98 Å². The highest BCUT2D eigenvalue weighted by Gasteiger charge is 2.11. The number of amides is 1. The third kappa shape index (κ3) is 4.38. The lowest BCUT2D eigenvalue weighted by Crippen LogP contribution is -2.29. The predicted molar refractivity (Wildman–Crippen MR) is 98.4 cm³/mol. The number of hydrogen-bond acceptors (Lipinski definition) is 3. The lowest BCUT2D eigenvalue weighted by atomic mass is 10.3. The van der Waals surface area contributed by atoms with E-state index in [0.717, 1.165) is 36.2 Å². The van der Waals surface area contributed by atoms with Gasteiger partial charge in [-0.3, -0.25) is 4.79 Å². The van der Waals surface area contributed by atoms with Crippen molar-refractivity contribution >= 4 is 16.9 Å². The molecule has 3 rings (SSSR count). The zero-order valence-corrected chi connectivity index (χ0v) is 14.4. The molecule has 1 N–H and O–H groups in total. The van der Waals surface area contributed by atoms with Crippen LogP contribution < -0.4 is 10.1 Å². The molecule has 0 saturated heterocycles. The molecule has 0 bridgehead atoms. The maximum atomic E-state index is 12.1. The molecule has 0 fully saturated rings. The molecule has 1 heterocycles. The van der Waals surface area contributed by atoms with Crippen molar-refractivity contribution in [3.05, 3.63) is 60.4 Å². The second kappa shape index (κ2) is 8.33. The van der Waals surface area contributed by atoms with Crippen LogP contribution in [-0.4, -0.2) is 22.1 Å². The number of aryl methyl sites for hydroxylation is 1. The Bertz CT molecular complexity index is 827. The van der Waals surface area contributed by atoms with Gasteiger partial charge >= 0.3 is 0 Å². The van der Waals surface area contributed by atoms with Crippen molar-refractivity contribution in [2.45, 2.75) is 32.9 Å². The van der Waals surface area contributed by atoms with Crippen LogP contribution in [-0.2, 0) is 17.9 Å². The third-order valence-electron chi connectivity index (χ3n) is 4.03. The highest BCUT2D eigenvalue weighted by molar-refractivity contribution is 5.78. The van der Waals surface area contributed by atoms with E-state index in [1.807, 2.05) is 48.5 Å². The lowest BCUT2D eigenvalue weighted by Gasteiger charge is -2.10. The summed E-state index contributed by atoms with van der Waals surface area (Å²) in [5.41, 5.74) is 2.07. The van der Waals surface area contributed by atoms with Gasteiger partial charge in [0.15, 0.2) is 6.61 Å². The minimum absolute atomic E-state index is 0.000792. The molecule has 0 aliphatic carbocycles. The van der Waals surface area contributed by atoms with E-state index < -0.39 is 0 Å². The van der Waals surface area contributed by atoms with Crippen LogP contribution in [0.2, 0.25) is 0 Å². The van der Waals surface area contributed by atoms with Gasteiger partial charge in [-0.05, 0) is 30.7 Å².